The van der Waals surface area contributed by atoms with Crippen LogP contribution < -0.4 is 10.5 Å². The van der Waals surface area contributed by atoms with E-state index in [0.717, 1.165) is 12.8 Å². The van der Waals surface area contributed by atoms with Gasteiger partial charge in [-0.1, -0.05) is 36.4 Å². The summed E-state index contributed by atoms with van der Waals surface area (Å²) < 4.78 is 23.0. The van der Waals surface area contributed by atoms with E-state index in [9.17, 15) is 13.2 Å². The Morgan fingerprint density at radius 1 is 1.23 bits per heavy atom. The van der Waals surface area contributed by atoms with Gasteiger partial charge in [-0.15, -0.1) is 0 Å². The van der Waals surface area contributed by atoms with Gasteiger partial charge in [-0.05, 0) is 48.6 Å². The molecule has 138 valence electrons. The fourth-order valence-electron chi connectivity index (χ4n) is 3.41. The van der Waals surface area contributed by atoms with Crippen molar-refractivity contribution in [2.75, 3.05) is 7.05 Å². The molecule has 6 nitrogen and oxygen atoms in total. The van der Waals surface area contributed by atoms with E-state index in [-0.39, 0.29) is 23.0 Å². The summed E-state index contributed by atoms with van der Waals surface area (Å²) in [4.78, 5) is 14.4. The molecule has 2 amide bonds. The van der Waals surface area contributed by atoms with E-state index >= 15 is 0 Å². The molecule has 7 heteroatoms. The largest absolute Gasteiger partial charge is 0.331 e. The minimum absolute atomic E-state index is 0.0363. The lowest BCUT2D eigenvalue weighted by molar-refractivity contribution is 0.187. The zero-order chi connectivity index (χ0) is 18.9. The Morgan fingerprint density at radius 3 is 2.69 bits per heavy atom. The van der Waals surface area contributed by atoms with Gasteiger partial charge in [-0.25, -0.2) is 18.4 Å². The quantitative estimate of drug-likeness (QED) is 0.863. The number of nitrogens with zero attached hydrogens (tertiary/aromatic N) is 1. The molecule has 0 radical (unpaired) electrons. The molecule has 3 N–H and O–H groups in total. The maximum Gasteiger partial charge on any atom is 0.318 e. The maximum atomic E-state index is 12.7. The molecule has 26 heavy (non-hydrogen) atoms. The molecule has 3 rings (SSSR count). The van der Waals surface area contributed by atoms with Crippen molar-refractivity contribution in [3.05, 3.63) is 65.2 Å². The lowest BCUT2D eigenvalue weighted by Crippen LogP contribution is -2.40. The normalized spacial score (nSPS) is 17.4. The lowest BCUT2D eigenvalue weighted by Gasteiger charge is -2.27. The number of urea groups is 1. The molecule has 2 aromatic rings. The van der Waals surface area contributed by atoms with Crippen molar-refractivity contribution in [1.29, 1.82) is 0 Å². The van der Waals surface area contributed by atoms with E-state index in [4.69, 9.17) is 5.14 Å². The van der Waals surface area contributed by atoms with Crippen LogP contribution in [0.4, 0.5) is 4.79 Å². The van der Waals surface area contributed by atoms with E-state index in [1.165, 1.54) is 23.3 Å². The van der Waals surface area contributed by atoms with Crippen LogP contribution in [0.15, 0.2) is 53.4 Å². The molecule has 0 aliphatic heterocycles. The fraction of sp³-hybridized carbons (Fsp3) is 0.316. The molecule has 1 aliphatic carbocycles. The van der Waals surface area contributed by atoms with Crippen LogP contribution in [-0.2, 0) is 16.4 Å². The number of carbonyl (C=O) groups excluding carboxylic acids is 1. The molecule has 0 fully saturated rings. The summed E-state index contributed by atoms with van der Waals surface area (Å²) in [5, 5.41) is 8.11. The summed E-state index contributed by atoms with van der Waals surface area (Å²) in [5.74, 6) is 0. The Balaban J connectivity index is 1.72. The van der Waals surface area contributed by atoms with Gasteiger partial charge in [0.25, 0.3) is 0 Å². The van der Waals surface area contributed by atoms with Crippen LogP contribution in [0.1, 0.15) is 42.1 Å². The van der Waals surface area contributed by atoms with Crippen molar-refractivity contribution < 1.29 is 13.2 Å². The van der Waals surface area contributed by atoms with Crippen molar-refractivity contribution in [2.24, 2.45) is 5.14 Å². The monoisotopic (exact) mass is 373 g/mol. The van der Waals surface area contributed by atoms with Crippen LogP contribution in [-0.4, -0.2) is 26.4 Å². The topological polar surface area (TPSA) is 92.5 Å². The molecular weight excluding hydrogens is 350 g/mol. The molecular formula is C19H23N3O3S. The van der Waals surface area contributed by atoms with Crippen molar-refractivity contribution in [3.8, 4) is 0 Å². The van der Waals surface area contributed by atoms with Crippen LogP contribution >= 0.6 is 0 Å². The summed E-state index contributed by atoms with van der Waals surface area (Å²) in [6.07, 6.45) is 1.86. The van der Waals surface area contributed by atoms with Gasteiger partial charge in [0.1, 0.15) is 0 Å². The molecule has 1 aliphatic rings. The first-order valence-corrected chi connectivity index (χ1v) is 10.1. The third kappa shape index (κ3) is 3.73. The van der Waals surface area contributed by atoms with Gasteiger partial charge in [-0.3, -0.25) is 0 Å². The number of nitrogens with two attached hydrogens (primary N) is 1. The average molecular weight is 373 g/mol. The molecule has 0 bridgehead atoms. The number of hydrogen-bond donors (Lipinski definition) is 2. The number of fused-ring (bicyclic) bond motifs is 1. The van der Waals surface area contributed by atoms with Crippen LogP contribution in [0, 0.1) is 0 Å². The van der Waals surface area contributed by atoms with Gasteiger partial charge in [0.2, 0.25) is 10.0 Å². The van der Waals surface area contributed by atoms with Crippen LogP contribution in [0.3, 0.4) is 0 Å². The van der Waals surface area contributed by atoms with Gasteiger partial charge >= 0.3 is 6.03 Å². The third-order valence-electron chi connectivity index (χ3n) is 4.92. The van der Waals surface area contributed by atoms with Gasteiger partial charge in [-0.2, -0.15) is 0 Å². The van der Waals surface area contributed by atoms with Crippen molar-refractivity contribution in [2.45, 2.75) is 36.7 Å². The number of aryl methyl sites for hydroxylation is 1. The average Bonchev–Trinajstić information content (AvgIpc) is 3.04. The van der Waals surface area contributed by atoms with Gasteiger partial charge < -0.3 is 10.2 Å². The number of carbonyl (C=O) groups is 1. The number of nitrogens with one attached hydrogen (secondary N) is 1. The first kappa shape index (κ1) is 18.4. The minimum atomic E-state index is -3.77. The van der Waals surface area contributed by atoms with Crippen LogP contribution in [0.5, 0.6) is 0 Å². The Hall–Kier alpha value is -2.38. The highest BCUT2D eigenvalue weighted by Crippen LogP contribution is 2.34. The van der Waals surface area contributed by atoms with Crippen LogP contribution in [0.2, 0.25) is 0 Å². The van der Waals surface area contributed by atoms with Crippen molar-refractivity contribution in [3.63, 3.8) is 0 Å². The highest BCUT2D eigenvalue weighted by atomic mass is 32.2. The molecule has 2 atom stereocenters. The summed E-state index contributed by atoms with van der Waals surface area (Å²) in [6.45, 7) is 1.82. The number of primary sulfonamides is 1. The van der Waals surface area contributed by atoms with E-state index < -0.39 is 10.0 Å². The van der Waals surface area contributed by atoms with E-state index in [0.29, 0.717) is 5.56 Å². The van der Waals surface area contributed by atoms with Crippen molar-refractivity contribution >= 4 is 16.1 Å². The Morgan fingerprint density at radius 2 is 1.96 bits per heavy atom. The van der Waals surface area contributed by atoms with Crippen molar-refractivity contribution in [1.82, 2.24) is 10.2 Å². The number of hydrogen-bond acceptors (Lipinski definition) is 3. The maximum absolute atomic E-state index is 12.7. The predicted molar refractivity (Wildman–Crippen MR) is 100 cm³/mol. The smallest absolute Gasteiger partial charge is 0.318 e. The van der Waals surface area contributed by atoms with Gasteiger partial charge in [0.15, 0.2) is 0 Å². The summed E-state index contributed by atoms with van der Waals surface area (Å²) in [7, 11) is -1.99. The zero-order valence-corrected chi connectivity index (χ0v) is 15.7. The first-order chi connectivity index (χ1) is 12.3. The number of rotatable bonds is 4. The van der Waals surface area contributed by atoms with E-state index in [2.05, 4.69) is 17.4 Å². The molecule has 0 aromatic heterocycles. The molecule has 0 spiro atoms. The van der Waals surface area contributed by atoms with E-state index in [1.807, 2.05) is 19.1 Å². The van der Waals surface area contributed by atoms with Gasteiger partial charge in [0.05, 0.1) is 17.0 Å². The molecule has 0 heterocycles. The number of benzene rings is 2. The summed E-state index contributed by atoms with van der Waals surface area (Å²) in [5.41, 5.74) is 3.16. The second kappa shape index (κ2) is 7.09. The molecule has 0 saturated carbocycles. The van der Waals surface area contributed by atoms with Crippen LogP contribution in [0.25, 0.3) is 0 Å². The second-order valence-electron chi connectivity index (χ2n) is 6.65. The minimum Gasteiger partial charge on any atom is -0.331 e. The predicted octanol–water partition coefficient (Wildman–Crippen LogP) is 2.72. The molecule has 2 aromatic carbocycles. The Labute approximate surface area is 154 Å². The Bertz CT molecular complexity index is 927. The SMILES string of the molecule is C[C@@H](NC(=O)N(C)[C@@H]1CCc2ccccc21)c1cccc(S(N)(=O)=O)c1. The lowest BCUT2D eigenvalue weighted by atomic mass is 10.1. The molecule has 0 saturated heterocycles. The number of sulfonamides is 1. The first-order valence-electron chi connectivity index (χ1n) is 8.51. The standard InChI is InChI=1S/C19H23N3O3S/c1-13(15-7-5-8-16(12-15)26(20,24)25)21-19(23)22(2)18-11-10-14-6-3-4-9-17(14)18/h3-9,12-13,18H,10-11H2,1-2H3,(H,21,23)(H2,20,24,25)/t13-,18-/m1/s1. The zero-order valence-electron chi connectivity index (χ0n) is 14.8. The highest BCUT2D eigenvalue weighted by molar-refractivity contribution is 7.89. The third-order valence-corrected chi connectivity index (χ3v) is 5.83. The Kier molecular flexibility index (Phi) is 5.02. The fourth-order valence-corrected chi connectivity index (χ4v) is 3.98. The highest BCUT2D eigenvalue weighted by Gasteiger charge is 2.28. The second-order valence-corrected chi connectivity index (χ2v) is 8.21. The molecule has 0 unspecified atom stereocenters. The van der Waals surface area contributed by atoms with E-state index in [1.54, 1.807) is 24.1 Å². The summed E-state index contributed by atoms with van der Waals surface area (Å²) in [6, 6.07) is 14.0. The number of amides is 2. The van der Waals surface area contributed by atoms with Gasteiger partial charge in [0, 0.05) is 7.05 Å². The summed E-state index contributed by atoms with van der Waals surface area (Å²) >= 11 is 0.